The summed E-state index contributed by atoms with van der Waals surface area (Å²) < 4.78 is 5.31. The third-order valence-electron chi connectivity index (χ3n) is 5.13. The number of rotatable bonds is 6. The second-order valence-electron chi connectivity index (χ2n) is 6.87. The molecule has 142 valence electrons. The average molecular weight is 361 g/mol. The number of carbonyl (C=O) groups excluding carboxylic acids is 1. The van der Waals surface area contributed by atoms with Crippen molar-refractivity contribution in [1.82, 2.24) is 9.97 Å². The summed E-state index contributed by atoms with van der Waals surface area (Å²) in [5, 5.41) is 12.0. The number of nitrogens with two attached hydrogens (primary N) is 1. The zero-order chi connectivity index (χ0) is 18.7. The molecule has 0 aromatic carbocycles. The molecule has 1 aliphatic carbocycles. The Bertz CT molecular complexity index is 681. The van der Waals surface area contributed by atoms with Crippen LogP contribution < -0.4 is 16.0 Å². The molecular formula is C18H27N5O3. The van der Waals surface area contributed by atoms with Gasteiger partial charge in [0.2, 0.25) is 5.95 Å². The Morgan fingerprint density at radius 3 is 2.96 bits per heavy atom. The fourth-order valence-corrected chi connectivity index (χ4v) is 3.97. The summed E-state index contributed by atoms with van der Waals surface area (Å²) in [4.78, 5) is 23.1. The monoisotopic (exact) mass is 361 g/mol. The molecule has 26 heavy (non-hydrogen) atoms. The van der Waals surface area contributed by atoms with E-state index in [4.69, 9.17) is 15.6 Å². The minimum atomic E-state index is -0.138. The first kappa shape index (κ1) is 18.4. The van der Waals surface area contributed by atoms with Crippen molar-refractivity contribution in [3.8, 4) is 0 Å². The van der Waals surface area contributed by atoms with Gasteiger partial charge in [0.1, 0.15) is 11.6 Å². The van der Waals surface area contributed by atoms with Gasteiger partial charge in [-0.25, -0.2) is 0 Å². The van der Waals surface area contributed by atoms with Gasteiger partial charge in [-0.3, -0.25) is 4.79 Å². The Labute approximate surface area is 153 Å². The molecule has 1 aromatic rings. The van der Waals surface area contributed by atoms with E-state index in [0.29, 0.717) is 19.0 Å². The highest BCUT2D eigenvalue weighted by molar-refractivity contribution is 5.74. The lowest BCUT2D eigenvalue weighted by Crippen LogP contribution is -2.37. The second kappa shape index (κ2) is 7.90. The quantitative estimate of drug-likeness (QED) is 0.506. The molecule has 0 spiro atoms. The maximum atomic E-state index is 12.5. The number of fused-ring (bicyclic) bond motifs is 1. The van der Waals surface area contributed by atoms with Crippen LogP contribution in [0, 0.1) is 23.7 Å². The van der Waals surface area contributed by atoms with Crippen LogP contribution in [-0.2, 0) is 9.53 Å². The smallest absolute Gasteiger partial charge is 0.309 e. The lowest BCUT2D eigenvalue weighted by molar-refractivity contribution is -0.151. The van der Waals surface area contributed by atoms with E-state index in [0.717, 1.165) is 18.9 Å². The number of nitrogen functional groups attached to an aromatic ring is 1. The molecule has 2 aliphatic rings. The van der Waals surface area contributed by atoms with Crippen molar-refractivity contribution >= 4 is 23.6 Å². The van der Waals surface area contributed by atoms with E-state index in [1.54, 1.807) is 0 Å². The Balaban J connectivity index is 1.80. The fraction of sp³-hybridized carbons (Fsp3) is 0.611. The van der Waals surface area contributed by atoms with E-state index >= 15 is 0 Å². The molecule has 0 bridgehead atoms. The van der Waals surface area contributed by atoms with Crippen LogP contribution in [0.2, 0.25) is 0 Å². The molecule has 0 amide bonds. The van der Waals surface area contributed by atoms with Crippen LogP contribution in [0.1, 0.15) is 13.8 Å². The van der Waals surface area contributed by atoms with Crippen LogP contribution in [0.4, 0.5) is 17.6 Å². The number of esters is 1. The van der Waals surface area contributed by atoms with Crippen LogP contribution >= 0.6 is 0 Å². The number of aliphatic hydroxyl groups is 1. The number of nitrogens with one attached hydrogen (secondary N) is 1. The molecule has 8 nitrogen and oxygen atoms in total. The van der Waals surface area contributed by atoms with Crippen LogP contribution in [0.5, 0.6) is 0 Å². The van der Waals surface area contributed by atoms with E-state index in [1.807, 2.05) is 13.0 Å². The number of allylic oxidation sites excluding steroid dienone is 1. The third-order valence-corrected chi connectivity index (χ3v) is 5.13. The number of carbonyl (C=O) groups is 1. The van der Waals surface area contributed by atoms with Crippen molar-refractivity contribution in [2.24, 2.45) is 23.7 Å². The topological polar surface area (TPSA) is 114 Å². The zero-order valence-electron chi connectivity index (χ0n) is 15.3. The third kappa shape index (κ3) is 3.75. The minimum absolute atomic E-state index is 0.0109. The van der Waals surface area contributed by atoms with Crippen molar-refractivity contribution in [3.05, 3.63) is 18.2 Å². The minimum Gasteiger partial charge on any atom is -0.466 e. The maximum absolute atomic E-state index is 12.5. The first-order chi connectivity index (χ1) is 12.5. The molecular weight excluding hydrogens is 334 g/mol. The lowest BCUT2D eigenvalue weighted by Gasteiger charge is -2.31. The van der Waals surface area contributed by atoms with Crippen LogP contribution in [0.25, 0.3) is 0 Å². The summed E-state index contributed by atoms with van der Waals surface area (Å²) in [5.41, 5.74) is 5.84. The molecule has 2 heterocycles. The molecule has 0 saturated carbocycles. The molecule has 4 atom stereocenters. The van der Waals surface area contributed by atoms with Gasteiger partial charge >= 0.3 is 5.97 Å². The van der Waals surface area contributed by atoms with Gasteiger partial charge < -0.3 is 25.8 Å². The predicted octanol–water partition coefficient (Wildman–Crippen LogP) is 0.901. The summed E-state index contributed by atoms with van der Waals surface area (Å²) in [6.07, 6.45) is 4.33. The molecule has 1 saturated heterocycles. The molecule has 3 rings (SSSR count). The molecule has 8 heteroatoms. The van der Waals surface area contributed by atoms with Crippen LogP contribution in [-0.4, -0.2) is 53.9 Å². The predicted molar refractivity (Wildman–Crippen MR) is 99.6 cm³/mol. The SMILES string of the molecule is CCOC(=O)[C@@H]1[C@H]2CN(c3cc(NCCO)nc(N)n3)C[C@@H]2C=C[C@@H]1C. The van der Waals surface area contributed by atoms with E-state index in [1.165, 1.54) is 0 Å². The van der Waals surface area contributed by atoms with E-state index in [9.17, 15) is 4.79 Å². The molecule has 1 fully saturated rings. The number of aromatic nitrogens is 2. The maximum Gasteiger partial charge on any atom is 0.309 e. The Morgan fingerprint density at radius 1 is 1.42 bits per heavy atom. The van der Waals surface area contributed by atoms with Crippen molar-refractivity contribution in [1.29, 1.82) is 0 Å². The summed E-state index contributed by atoms with van der Waals surface area (Å²) in [7, 11) is 0. The van der Waals surface area contributed by atoms with Crippen molar-refractivity contribution in [2.75, 3.05) is 48.8 Å². The Morgan fingerprint density at radius 2 is 2.23 bits per heavy atom. The number of hydrogen-bond donors (Lipinski definition) is 3. The van der Waals surface area contributed by atoms with Gasteiger partial charge in [0.15, 0.2) is 0 Å². The van der Waals surface area contributed by atoms with E-state index in [-0.39, 0.29) is 42.2 Å². The van der Waals surface area contributed by atoms with E-state index in [2.05, 4.69) is 39.3 Å². The first-order valence-corrected chi connectivity index (χ1v) is 9.12. The largest absolute Gasteiger partial charge is 0.466 e. The summed E-state index contributed by atoms with van der Waals surface area (Å²) in [5.74, 6) is 1.88. The van der Waals surface area contributed by atoms with E-state index < -0.39 is 0 Å². The van der Waals surface area contributed by atoms with Crippen LogP contribution in [0.3, 0.4) is 0 Å². The summed E-state index contributed by atoms with van der Waals surface area (Å²) in [6.45, 7) is 6.21. The average Bonchev–Trinajstić information content (AvgIpc) is 3.03. The fourth-order valence-electron chi connectivity index (χ4n) is 3.97. The highest BCUT2D eigenvalue weighted by Gasteiger charge is 2.45. The van der Waals surface area contributed by atoms with Gasteiger partial charge in [0.05, 0.1) is 19.1 Å². The molecule has 1 aliphatic heterocycles. The number of anilines is 3. The highest BCUT2D eigenvalue weighted by atomic mass is 16.5. The summed E-state index contributed by atoms with van der Waals surface area (Å²) >= 11 is 0. The highest BCUT2D eigenvalue weighted by Crippen LogP contribution is 2.41. The standard InChI is InChI=1S/C18H27N5O3/c1-3-26-17(25)16-11(2)4-5-12-9-23(10-13(12)16)15-8-14(20-6-7-24)21-18(19)22-15/h4-5,8,11-13,16,24H,3,6-7,9-10H2,1-2H3,(H3,19,20,21,22)/t11-,12-,13-,16-/m0/s1. The summed E-state index contributed by atoms with van der Waals surface area (Å²) in [6, 6.07) is 1.83. The Kier molecular flexibility index (Phi) is 5.61. The zero-order valence-corrected chi connectivity index (χ0v) is 15.3. The second-order valence-corrected chi connectivity index (χ2v) is 6.87. The number of hydrogen-bond acceptors (Lipinski definition) is 8. The molecule has 4 N–H and O–H groups in total. The van der Waals surface area contributed by atoms with Gasteiger partial charge in [-0.05, 0) is 24.7 Å². The van der Waals surface area contributed by atoms with Crippen molar-refractivity contribution < 1.29 is 14.6 Å². The van der Waals surface area contributed by atoms with Gasteiger partial charge in [0.25, 0.3) is 0 Å². The van der Waals surface area contributed by atoms with Crippen molar-refractivity contribution in [2.45, 2.75) is 13.8 Å². The number of nitrogens with zero attached hydrogens (tertiary/aromatic N) is 3. The van der Waals surface area contributed by atoms with Crippen molar-refractivity contribution in [3.63, 3.8) is 0 Å². The first-order valence-electron chi connectivity index (χ1n) is 9.12. The van der Waals surface area contributed by atoms with Gasteiger partial charge in [-0.15, -0.1) is 0 Å². The Hall–Kier alpha value is -2.35. The molecule has 1 aromatic heterocycles. The lowest BCUT2D eigenvalue weighted by atomic mass is 9.72. The van der Waals surface area contributed by atoms with Gasteiger partial charge in [-0.1, -0.05) is 19.1 Å². The molecule has 0 radical (unpaired) electrons. The van der Waals surface area contributed by atoms with Gasteiger partial charge in [0, 0.05) is 25.7 Å². The number of ether oxygens (including phenoxy) is 1. The number of aliphatic hydroxyl groups excluding tert-OH is 1. The normalized spacial score (nSPS) is 27.3. The van der Waals surface area contributed by atoms with Crippen LogP contribution in [0.15, 0.2) is 18.2 Å². The van der Waals surface area contributed by atoms with Gasteiger partial charge in [-0.2, -0.15) is 9.97 Å². The molecule has 0 unspecified atom stereocenters.